The van der Waals surface area contributed by atoms with Gasteiger partial charge < -0.3 is 15.5 Å². The molecule has 158 valence electrons. The number of nitrogens with one attached hydrogen (secondary N) is 1. The van der Waals surface area contributed by atoms with E-state index >= 15 is 0 Å². The quantitative estimate of drug-likeness (QED) is 0.391. The monoisotopic (exact) mass is 453 g/mol. The zero-order valence-electron chi connectivity index (χ0n) is 16.5. The predicted octanol–water partition coefficient (Wildman–Crippen LogP) is 3.87. The molecule has 10 heteroatoms. The minimum Gasteiger partial charge on any atom is -0.461 e. The molecule has 4 rings (SSSR count). The minimum absolute atomic E-state index is 0.260. The number of nitrogens with zero attached hydrogens (tertiary/aromatic N) is 3. The summed E-state index contributed by atoms with van der Waals surface area (Å²) < 4.78 is 7.43. The Kier molecular flexibility index (Phi) is 6.19. The molecule has 8 nitrogen and oxygen atoms in total. The van der Waals surface area contributed by atoms with Crippen LogP contribution in [0.5, 0.6) is 0 Å². The topological polar surface area (TPSA) is 116 Å². The lowest BCUT2D eigenvalue weighted by atomic mass is 10.2. The van der Waals surface area contributed by atoms with Crippen LogP contribution in [0.15, 0.2) is 69.7 Å². The maximum atomic E-state index is 12.7. The van der Waals surface area contributed by atoms with Crippen molar-refractivity contribution in [2.24, 2.45) is 5.73 Å². The summed E-state index contributed by atoms with van der Waals surface area (Å²) in [5.74, 6) is 0.335. The normalized spacial score (nSPS) is 11.9. The fourth-order valence-corrected chi connectivity index (χ4v) is 4.54. The summed E-state index contributed by atoms with van der Waals surface area (Å²) in [5.41, 5.74) is 6.72. The number of benzene rings is 1. The molecular weight excluding hydrogens is 434 g/mol. The Balaban J connectivity index is 1.56. The lowest BCUT2D eigenvalue weighted by Gasteiger charge is -2.13. The highest BCUT2D eigenvalue weighted by molar-refractivity contribution is 8.00. The Morgan fingerprint density at radius 1 is 1.19 bits per heavy atom. The number of primary amides is 1. The molecule has 0 aliphatic heterocycles. The van der Waals surface area contributed by atoms with Gasteiger partial charge in [0.05, 0.1) is 23.6 Å². The zero-order valence-corrected chi connectivity index (χ0v) is 18.2. The van der Waals surface area contributed by atoms with E-state index in [4.69, 9.17) is 10.2 Å². The van der Waals surface area contributed by atoms with Gasteiger partial charge in [0, 0.05) is 0 Å². The third-order valence-corrected chi connectivity index (χ3v) is 6.37. The Hall–Kier alpha value is -3.37. The molecule has 0 saturated heterocycles. The number of nitrogens with two attached hydrogens (primary N) is 1. The van der Waals surface area contributed by atoms with E-state index in [9.17, 15) is 9.59 Å². The molecule has 0 aliphatic carbocycles. The number of rotatable bonds is 8. The number of thiophene rings is 1. The molecule has 3 heterocycles. The molecule has 1 aromatic carbocycles. The minimum atomic E-state index is -0.581. The van der Waals surface area contributed by atoms with Crippen molar-refractivity contribution < 1.29 is 14.0 Å². The van der Waals surface area contributed by atoms with Crippen LogP contribution >= 0.6 is 23.1 Å². The van der Waals surface area contributed by atoms with Gasteiger partial charge in [-0.25, -0.2) is 0 Å². The van der Waals surface area contributed by atoms with Crippen molar-refractivity contribution in [1.29, 1.82) is 0 Å². The number of furan rings is 1. The molecule has 0 aliphatic rings. The highest BCUT2D eigenvalue weighted by Gasteiger charge is 2.23. The van der Waals surface area contributed by atoms with Crippen molar-refractivity contribution in [3.8, 4) is 11.6 Å². The third kappa shape index (κ3) is 4.70. The van der Waals surface area contributed by atoms with Gasteiger partial charge in [0.2, 0.25) is 11.7 Å². The zero-order chi connectivity index (χ0) is 21.8. The van der Waals surface area contributed by atoms with Crippen LogP contribution in [0.1, 0.15) is 22.8 Å². The summed E-state index contributed by atoms with van der Waals surface area (Å²) in [4.78, 5) is 24.2. The number of aromatic nitrogens is 3. The number of carbonyl (C=O) groups excluding carboxylic acids is 2. The standard InChI is InChI=1S/C21H19N5O3S2/c1-13(19(28)23-20-15(17(22)27)9-11-30-20)31-21-25-24-18(16-8-5-10-29-16)26(21)12-14-6-3-2-4-7-14/h2-11,13H,12H2,1H3,(H2,22,27)(H,23,28). The fourth-order valence-electron chi connectivity index (χ4n) is 2.90. The lowest BCUT2D eigenvalue weighted by molar-refractivity contribution is -0.115. The molecule has 0 radical (unpaired) electrons. The van der Waals surface area contributed by atoms with Crippen molar-refractivity contribution >= 4 is 39.9 Å². The summed E-state index contributed by atoms with van der Waals surface area (Å²) >= 11 is 2.53. The Labute approximate surface area is 186 Å². The molecule has 0 saturated carbocycles. The number of hydrogen-bond donors (Lipinski definition) is 2. The van der Waals surface area contributed by atoms with Crippen LogP contribution < -0.4 is 11.1 Å². The summed E-state index contributed by atoms with van der Waals surface area (Å²) in [5, 5.41) is 13.6. The lowest BCUT2D eigenvalue weighted by Crippen LogP contribution is -2.24. The van der Waals surface area contributed by atoms with E-state index in [0.29, 0.717) is 33.9 Å². The molecule has 31 heavy (non-hydrogen) atoms. The Morgan fingerprint density at radius 2 is 2.00 bits per heavy atom. The highest BCUT2D eigenvalue weighted by atomic mass is 32.2. The largest absolute Gasteiger partial charge is 0.461 e. The average molecular weight is 454 g/mol. The molecule has 3 aromatic heterocycles. The van der Waals surface area contributed by atoms with Crippen molar-refractivity contribution in [1.82, 2.24) is 14.8 Å². The fraction of sp³-hybridized carbons (Fsp3) is 0.143. The van der Waals surface area contributed by atoms with Crippen LogP contribution in [-0.2, 0) is 11.3 Å². The first-order chi connectivity index (χ1) is 15.0. The van der Waals surface area contributed by atoms with Gasteiger partial charge in [-0.1, -0.05) is 42.1 Å². The second-order valence-corrected chi connectivity index (χ2v) is 8.86. The number of carbonyl (C=O) groups is 2. The predicted molar refractivity (Wildman–Crippen MR) is 120 cm³/mol. The van der Waals surface area contributed by atoms with Crippen LogP contribution in [0.25, 0.3) is 11.6 Å². The van der Waals surface area contributed by atoms with Crippen LogP contribution in [0, 0.1) is 0 Å². The second kappa shape index (κ2) is 9.19. The third-order valence-electron chi connectivity index (χ3n) is 4.46. The van der Waals surface area contributed by atoms with E-state index < -0.39 is 11.2 Å². The Bertz CT molecular complexity index is 1190. The number of hydrogen-bond acceptors (Lipinski definition) is 7. The van der Waals surface area contributed by atoms with Crippen LogP contribution in [0.2, 0.25) is 0 Å². The van der Waals surface area contributed by atoms with E-state index in [1.807, 2.05) is 41.0 Å². The van der Waals surface area contributed by atoms with E-state index in [1.165, 1.54) is 23.1 Å². The van der Waals surface area contributed by atoms with Gasteiger partial charge in [0.1, 0.15) is 5.00 Å². The van der Waals surface area contributed by atoms with E-state index in [1.54, 1.807) is 30.7 Å². The first kappa shape index (κ1) is 20.9. The number of anilines is 1. The average Bonchev–Trinajstić information content (AvgIpc) is 3.50. The van der Waals surface area contributed by atoms with E-state index in [-0.39, 0.29) is 5.91 Å². The summed E-state index contributed by atoms with van der Waals surface area (Å²) in [6.45, 7) is 2.29. The maximum absolute atomic E-state index is 12.7. The molecule has 4 aromatic rings. The van der Waals surface area contributed by atoms with Gasteiger partial charge >= 0.3 is 0 Å². The SMILES string of the molecule is CC(Sc1nnc(-c2ccco2)n1Cc1ccccc1)C(=O)Nc1sccc1C(N)=O. The van der Waals surface area contributed by atoms with Gasteiger partial charge in [-0.05, 0) is 36.1 Å². The molecule has 1 atom stereocenters. The van der Waals surface area contributed by atoms with Crippen molar-refractivity contribution in [3.63, 3.8) is 0 Å². The first-order valence-electron chi connectivity index (χ1n) is 9.38. The van der Waals surface area contributed by atoms with Gasteiger partial charge in [0.25, 0.3) is 5.91 Å². The Morgan fingerprint density at radius 3 is 2.71 bits per heavy atom. The second-order valence-electron chi connectivity index (χ2n) is 6.63. The summed E-state index contributed by atoms with van der Waals surface area (Å²) in [7, 11) is 0. The molecule has 1 unspecified atom stereocenters. The summed E-state index contributed by atoms with van der Waals surface area (Å²) in [6.07, 6.45) is 1.58. The highest BCUT2D eigenvalue weighted by Crippen LogP contribution is 2.29. The molecule has 2 amide bonds. The maximum Gasteiger partial charge on any atom is 0.251 e. The van der Waals surface area contributed by atoms with Gasteiger partial charge in [0.15, 0.2) is 10.9 Å². The van der Waals surface area contributed by atoms with E-state index in [2.05, 4.69) is 15.5 Å². The summed E-state index contributed by atoms with van der Waals surface area (Å²) in [6, 6.07) is 15.1. The van der Waals surface area contributed by atoms with Crippen LogP contribution in [0.4, 0.5) is 5.00 Å². The van der Waals surface area contributed by atoms with Crippen LogP contribution in [0.3, 0.4) is 0 Å². The van der Waals surface area contributed by atoms with Crippen molar-refractivity contribution in [2.75, 3.05) is 5.32 Å². The number of amides is 2. The van der Waals surface area contributed by atoms with Crippen molar-refractivity contribution in [3.05, 3.63) is 71.3 Å². The van der Waals surface area contributed by atoms with Crippen LogP contribution in [-0.4, -0.2) is 31.8 Å². The molecule has 0 bridgehead atoms. The van der Waals surface area contributed by atoms with Gasteiger partial charge in [-0.15, -0.1) is 21.5 Å². The molecule has 3 N–H and O–H groups in total. The number of thioether (sulfide) groups is 1. The first-order valence-corrected chi connectivity index (χ1v) is 11.1. The molecule has 0 spiro atoms. The molecule has 0 fully saturated rings. The van der Waals surface area contributed by atoms with Crippen molar-refractivity contribution in [2.45, 2.75) is 23.9 Å². The van der Waals surface area contributed by atoms with Gasteiger partial charge in [-0.3, -0.25) is 14.2 Å². The smallest absolute Gasteiger partial charge is 0.251 e. The van der Waals surface area contributed by atoms with Gasteiger partial charge in [-0.2, -0.15) is 0 Å². The van der Waals surface area contributed by atoms with E-state index in [0.717, 1.165) is 5.56 Å². The molecular formula is C21H19N5O3S2.